The minimum atomic E-state index is -0.490. The Kier molecular flexibility index (Phi) is 3.87. The van der Waals surface area contributed by atoms with E-state index in [0.29, 0.717) is 6.54 Å². The van der Waals surface area contributed by atoms with Crippen LogP contribution in [0.5, 0.6) is 0 Å². The molecular weight excluding hydrogens is 298 g/mol. The maximum Gasteiger partial charge on any atom is 0.232 e. The summed E-state index contributed by atoms with van der Waals surface area (Å²) in [4.78, 5) is 13.2. The van der Waals surface area contributed by atoms with Gasteiger partial charge in [-0.25, -0.2) is 0 Å². The van der Waals surface area contributed by atoms with E-state index in [1.54, 1.807) is 0 Å². The van der Waals surface area contributed by atoms with Crippen LogP contribution >= 0.6 is 0 Å². The maximum atomic E-state index is 13.2. The number of carbonyl (C=O) groups excluding carboxylic acids is 1. The highest BCUT2D eigenvalue weighted by Crippen LogP contribution is 2.34. The second kappa shape index (κ2) is 6.04. The van der Waals surface area contributed by atoms with Crippen molar-refractivity contribution in [2.45, 2.75) is 30.3 Å². The molecule has 0 bridgehead atoms. The van der Waals surface area contributed by atoms with Crippen LogP contribution in [0.3, 0.4) is 0 Å². The minimum absolute atomic E-state index is 0.0314. The van der Waals surface area contributed by atoms with Crippen molar-refractivity contribution in [3.63, 3.8) is 0 Å². The molecule has 0 aromatic heterocycles. The van der Waals surface area contributed by atoms with E-state index in [4.69, 9.17) is 5.73 Å². The van der Waals surface area contributed by atoms with Crippen LogP contribution in [0.25, 0.3) is 0 Å². The van der Waals surface area contributed by atoms with Crippen LogP contribution in [0.2, 0.25) is 0 Å². The molecule has 1 fully saturated rings. The van der Waals surface area contributed by atoms with Crippen molar-refractivity contribution in [2.24, 2.45) is 5.73 Å². The lowest BCUT2D eigenvalue weighted by atomic mass is 9.78. The lowest BCUT2D eigenvalue weighted by Crippen LogP contribution is -2.51. The van der Waals surface area contributed by atoms with Gasteiger partial charge in [0.25, 0.3) is 0 Å². The molecule has 1 heterocycles. The molecule has 0 spiro atoms. The van der Waals surface area contributed by atoms with Crippen LogP contribution in [0.1, 0.15) is 29.2 Å². The SMILES string of the molecule is NC1c2ccccc2C[C@@H]1NC(=O)C1(c2ccccc2)CCNC1. The Hall–Kier alpha value is -2.17. The zero-order chi connectivity index (χ0) is 16.6. The Morgan fingerprint density at radius 1 is 1.12 bits per heavy atom. The van der Waals surface area contributed by atoms with Crippen LogP contribution < -0.4 is 16.4 Å². The van der Waals surface area contributed by atoms with E-state index in [-0.39, 0.29) is 18.0 Å². The summed E-state index contributed by atoms with van der Waals surface area (Å²) >= 11 is 0. The van der Waals surface area contributed by atoms with Crippen molar-refractivity contribution in [1.82, 2.24) is 10.6 Å². The average molecular weight is 321 g/mol. The molecule has 1 aliphatic carbocycles. The van der Waals surface area contributed by atoms with E-state index in [9.17, 15) is 4.79 Å². The fourth-order valence-electron chi connectivity index (χ4n) is 4.09. The monoisotopic (exact) mass is 321 g/mol. The molecular formula is C20H23N3O. The summed E-state index contributed by atoms with van der Waals surface area (Å²) in [5.74, 6) is 0.0898. The number of nitrogens with one attached hydrogen (secondary N) is 2. The average Bonchev–Trinajstić information content (AvgIpc) is 3.23. The summed E-state index contributed by atoms with van der Waals surface area (Å²) in [6, 6.07) is 18.1. The molecule has 1 aliphatic heterocycles. The van der Waals surface area contributed by atoms with Crippen LogP contribution in [0, 0.1) is 0 Å². The predicted octanol–water partition coefficient (Wildman–Crippen LogP) is 1.66. The number of fused-ring (bicyclic) bond motifs is 1. The molecule has 2 unspecified atom stereocenters. The van der Waals surface area contributed by atoms with Gasteiger partial charge in [-0.2, -0.15) is 0 Å². The Morgan fingerprint density at radius 3 is 2.58 bits per heavy atom. The zero-order valence-electron chi connectivity index (χ0n) is 13.7. The van der Waals surface area contributed by atoms with Crippen LogP contribution in [-0.2, 0) is 16.6 Å². The number of benzene rings is 2. The number of rotatable bonds is 3. The maximum absolute atomic E-state index is 13.2. The van der Waals surface area contributed by atoms with Gasteiger partial charge in [0.05, 0.1) is 17.5 Å². The molecule has 1 saturated heterocycles. The number of hydrogen-bond acceptors (Lipinski definition) is 3. The third kappa shape index (κ3) is 2.43. The molecule has 124 valence electrons. The lowest BCUT2D eigenvalue weighted by Gasteiger charge is -2.30. The molecule has 0 saturated carbocycles. The standard InChI is InChI=1S/C20H23N3O/c21-18-16-9-5-4-6-14(16)12-17(18)23-19(24)20(10-11-22-13-20)15-7-2-1-3-8-15/h1-9,17-18,22H,10-13,21H2,(H,23,24)/t17-,18?,20?/m0/s1. The molecule has 4 N–H and O–H groups in total. The zero-order valence-corrected chi connectivity index (χ0v) is 13.7. The summed E-state index contributed by atoms with van der Waals surface area (Å²) in [6.45, 7) is 1.54. The molecule has 2 aliphatic rings. The van der Waals surface area contributed by atoms with E-state index in [2.05, 4.69) is 34.9 Å². The molecule has 0 radical (unpaired) electrons. The Labute approximate surface area is 142 Å². The highest BCUT2D eigenvalue weighted by molar-refractivity contribution is 5.89. The van der Waals surface area contributed by atoms with Crippen molar-refractivity contribution in [3.8, 4) is 0 Å². The van der Waals surface area contributed by atoms with E-state index in [1.807, 2.05) is 30.3 Å². The van der Waals surface area contributed by atoms with Gasteiger partial charge >= 0.3 is 0 Å². The third-order valence-electron chi connectivity index (χ3n) is 5.52. The number of nitrogens with two attached hydrogens (primary N) is 1. The fraction of sp³-hybridized carbons (Fsp3) is 0.350. The molecule has 4 rings (SSSR count). The van der Waals surface area contributed by atoms with E-state index >= 15 is 0 Å². The number of amides is 1. The first kappa shape index (κ1) is 15.4. The van der Waals surface area contributed by atoms with Gasteiger partial charge < -0.3 is 16.4 Å². The first-order chi connectivity index (χ1) is 11.7. The molecule has 2 aromatic carbocycles. The van der Waals surface area contributed by atoms with Gasteiger partial charge in [0.15, 0.2) is 0 Å². The Morgan fingerprint density at radius 2 is 1.88 bits per heavy atom. The first-order valence-corrected chi connectivity index (χ1v) is 8.61. The summed E-state index contributed by atoms with van der Waals surface area (Å²) in [5.41, 5.74) is 9.38. The highest BCUT2D eigenvalue weighted by Gasteiger charge is 2.44. The molecule has 2 aromatic rings. The minimum Gasteiger partial charge on any atom is -0.350 e. The van der Waals surface area contributed by atoms with Gasteiger partial charge in [-0.05, 0) is 36.1 Å². The number of hydrogen-bond donors (Lipinski definition) is 3. The lowest BCUT2D eigenvalue weighted by molar-refractivity contribution is -0.127. The molecule has 3 atom stereocenters. The van der Waals surface area contributed by atoms with Gasteiger partial charge in [0.2, 0.25) is 5.91 Å². The molecule has 4 nitrogen and oxygen atoms in total. The highest BCUT2D eigenvalue weighted by atomic mass is 16.2. The van der Waals surface area contributed by atoms with Gasteiger partial charge in [0.1, 0.15) is 0 Å². The topological polar surface area (TPSA) is 67.1 Å². The number of carbonyl (C=O) groups is 1. The summed E-state index contributed by atoms with van der Waals surface area (Å²) < 4.78 is 0. The summed E-state index contributed by atoms with van der Waals surface area (Å²) in [6.07, 6.45) is 1.62. The van der Waals surface area contributed by atoms with E-state index < -0.39 is 5.41 Å². The Bertz CT molecular complexity index is 738. The second-order valence-corrected chi connectivity index (χ2v) is 6.88. The molecule has 4 heteroatoms. The second-order valence-electron chi connectivity index (χ2n) is 6.88. The van der Waals surface area contributed by atoms with Crippen LogP contribution in [0.15, 0.2) is 54.6 Å². The smallest absolute Gasteiger partial charge is 0.232 e. The van der Waals surface area contributed by atoms with Crippen molar-refractivity contribution in [3.05, 3.63) is 71.3 Å². The summed E-state index contributed by atoms with van der Waals surface area (Å²) in [7, 11) is 0. The van der Waals surface area contributed by atoms with Crippen molar-refractivity contribution in [2.75, 3.05) is 13.1 Å². The van der Waals surface area contributed by atoms with Crippen LogP contribution in [-0.4, -0.2) is 25.0 Å². The fourth-order valence-corrected chi connectivity index (χ4v) is 4.09. The van der Waals surface area contributed by atoms with Gasteiger partial charge in [-0.1, -0.05) is 54.6 Å². The normalized spacial score (nSPS) is 28.5. The van der Waals surface area contributed by atoms with Gasteiger partial charge in [-0.3, -0.25) is 4.79 Å². The largest absolute Gasteiger partial charge is 0.350 e. The van der Waals surface area contributed by atoms with Crippen molar-refractivity contribution in [1.29, 1.82) is 0 Å². The van der Waals surface area contributed by atoms with Crippen molar-refractivity contribution >= 4 is 5.91 Å². The van der Waals surface area contributed by atoms with E-state index in [0.717, 1.165) is 30.5 Å². The molecule has 24 heavy (non-hydrogen) atoms. The van der Waals surface area contributed by atoms with E-state index in [1.165, 1.54) is 5.56 Å². The first-order valence-electron chi connectivity index (χ1n) is 8.61. The quantitative estimate of drug-likeness (QED) is 0.805. The molecule has 1 amide bonds. The third-order valence-corrected chi connectivity index (χ3v) is 5.52. The van der Waals surface area contributed by atoms with Gasteiger partial charge in [0, 0.05) is 6.54 Å². The van der Waals surface area contributed by atoms with Gasteiger partial charge in [-0.15, -0.1) is 0 Å². The predicted molar refractivity (Wildman–Crippen MR) is 94.6 cm³/mol. The van der Waals surface area contributed by atoms with Crippen molar-refractivity contribution < 1.29 is 4.79 Å². The Balaban J connectivity index is 1.57. The van der Waals surface area contributed by atoms with Crippen LogP contribution in [0.4, 0.5) is 0 Å². The summed E-state index contributed by atoms with van der Waals surface area (Å²) in [5, 5.41) is 6.61.